The van der Waals surface area contributed by atoms with Gasteiger partial charge in [0.1, 0.15) is 0 Å². The molecule has 0 aromatic carbocycles. The van der Waals surface area contributed by atoms with E-state index in [0.717, 1.165) is 13.2 Å². The first-order valence-corrected chi connectivity index (χ1v) is 5.13. The van der Waals surface area contributed by atoms with Gasteiger partial charge in [0.25, 0.3) is 0 Å². The lowest BCUT2D eigenvalue weighted by atomic mass is 10.1. The minimum Gasteiger partial charge on any atom is -0.377 e. The topological polar surface area (TPSA) is 12.5 Å². The maximum Gasteiger partial charge on any atom is 0.0702 e. The van der Waals surface area contributed by atoms with Gasteiger partial charge in [-0.15, -0.1) is 0 Å². The summed E-state index contributed by atoms with van der Waals surface area (Å²) in [7, 11) is 2.18. The molecule has 1 rings (SSSR count). The van der Waals surface area contributed by atoms with E-state index in [1.807, 2.05) is 0 Å². The zero-order chi connectivity index (χ0) is 8.81. The van der Waals surface area contributed by atoms with Crippen molar-refractivity contribution in [1.29, 1.82) is 0 Å². The molecule has 72 valence electrons. The Bertz CT molecular complexity index is 116. The Morgan fingerprint density at radius 2 is 2.33 bits per heavy atom. The third-order valence-electron chi connectivity index (χ3n) is 2.43. The first-order chi connectivity index (χ1) is 5.83. The van der Waals surface area contributed by atoms with E-state index in [1.165, 1.54) is 32.2 Å². The fourth-order valence-corrected chi connectivity index (χ4v) is 1.65. The standard InChI is InChI=1S/C10H21NO/c1-3-4-8-12-10-6-5-7-11(2)9-10/h10H,3-9H2,1-2H3. The lowest BCUT2D eigenvalue weighted by Gasteiger charge is -2.29. The molecule has 0 spiro atoms. The van der Waals surface area contributed by atoms with Crippen LogP contribution in [0, 0.1) is 0 Å². The lowest BCUT2D eigenvalue weighted by molar-refractivity contribution is 0.00536. The van der Waals surface area contributed by atoms with Crippen molar-refractivity contribution in [3.63, 3.8) is 0 Å². The van der Waals surface area contributed by atoms with Crippen LogP contribution >= 0.6 is 0 Å². The molecule has 0 aliphatic carbocycles. The van der Waals surface area contributed by atoms with E-state index in [1.54, 1.807) is 0 Å². The third kappa shape index (κ3) is 3.55. The fourth-order valence-electron chi connectivity index (χ4n) is 1.65. The minimum absolute atomic E-state index is 0.510. The van der Waals surface area contributed by atoms with Crippen LogP contribution in [0.5, 0.6) is 0 Å². The van der Waals surface area contributed by atoms with Crippen molar-refractivity contribution in [3.8, 4) is 0 Å². The van der Waals surface area contributed by atoms with Gasteiger partial charge in [0.05, 0.1) is 6.10 Å². The highest BCUT2D eigenvalue weighted by Gasteiger charge is 2.16. The highest BCUT2D eigenvalue weighted by molar-refractivity contribution is 4.70. The van der Waals surface area contributed by atoms with Gasteiger partial charge in [0.15, 0.2) is 0 Å². The molecule has 1 aliphatic rings. The van der Waals surface area contributed by atoms with Crippen molar-refractivity contribution in [2.75, 3.05) is 26.7 Å². The van der Waals surface area contributed by atoms with Crippen LogP contribution < -0.4 is 0 Å². The van der Waals surface area contributed by atoms with Crippen LogP contribution in [0.15, 0.2) is 0 Å². The Hall–Kier alpha value is -0.0800. The van der Waals surface area contributed by atoms with Crippen molar-refractivity contribution < 1.29 is 4.74 Å². The largest absolute Gasteiger partial charge is 0.377 e. The van der Waals surface area contributed by atoms with Gasteiger partial charge in [-0.25, -0.2) is 0 Å². The summed E-state index contributed by atoms with van der Waals surface area (Å²) < 4.78 is 5.75. The molecule has 0 N–H and O–H groups in total. The Morgan fingerprint density at radius 3 is 3.00 bits per heavy atom. The molecule has 1 atom stereocenters. The Morgan fingerprint density at radius 1 is 1.50 bits per heavy atom. The maximum absolute atomic E-state index is 5.75. The van der Waals surface area contributed by atoms with Gasteiger partial charge in [0.2, 0.25) is 0 Å². The number of hydrogen-bond donors (Lipinski definition) is 0. The maximum atomic E-state index is 5.75. The van der Waals surface area contributed by atoms with Gasteiger partial charge < -0.3 is 9.64 Å². The number of piperidine rings is 1. The highest BCUT2D eigenvalue weighted by atomic mass is 16.5. The number of ether oxygens (including phenoxy) is 1. The quantitative estimate of drug-likeness (QED) is 0.599. The van der Waals surface area contributed by atoms with E-state index >= 15 is 0 Å². The Labute approximate surface area is 75.9 Å². The summed E-state index contributed by atoms with van der Waals surface area (Å²) >= 11 is 0. The van der Waals surface area contributed by atoms with Crippen molar-refractivity contribution in [2.24, 2.45) is 0 Å². The van der Waals surface area contributed by atoms with E-state index < -0.39 is 0 Å². The number of likely N-dealkylation sites (N-methyl/N-ethyl adjacent to an activating group) is 1. The summed E-state index contributed by atoms with van der Waals surface area (Å²) in [5.41, 5.74) is 0. The van der Waals surface area contributed by atoms with Crippen LogP contribution in [0.25, 0.3) is 0 Å². The molecule has 1 saturated heterocycles. The molecule has 0 aromatic heterocycles. The summed E-state index contributed by atoms with van der Waals surface area (Å²) in [6, 6.07) is 0. The predicted octanol–water partition coefficient (Wildman–Crippen LogP) is 1.90. The average Bonchev–Trinajstić information content (AvgIpc) is 2.05. The van der Waals surface area contributed by atoms with Crippen molar-refractivity contribution in [2.45, 2.75) is 38.7 Å². The fraction of sp³-hybridized carbons (Fsp3) is 1.00. The van der Waals surface area contributed by atoms with E-state index in [2.05, 4.69) is 18.9 Å². The lowest BCUT2D eigenvalue weighted by Crippen LogP contribution is -2.37. The molecule has 0 bridgehead atoms. The molecule has 12 heavy (non-hydrogen) atoms. The number of nitrogens with zero attached hydrogens (tertiary/aromatic N) is 1. The van der Waals surface area contributed by atoms with Crippen LogP contribution in [0.4, 0.5) is 0 Å². The molecule has 0 aromatic rings. The molecule has 2 nitrogen and oxygen atoms in total. The summed E-state index contributed by atoms with van der Waals surface area (Å²) in [6.07, 6.45) is 5.51. The van der Waals surface area contributed by atoms with Gasteiger partial charge >= 0.3 is 0 Å². The monoisotopic (exact) mass is 171 g/mol. The Kier molecular flexibility index (Phi) is 4.62. The van der Waals surface area contributed by atoms with E-state index in [-0.39, 0.29) is 0 Å². The second-order valence-electron chi connectivity index (χ2n) is 3.75. The average molecular weight is 171 g/mol. The molecule has 1 unspecified atom stereocenters. The van der Waals surface area contributed by atoms with Crippen LogP contribution in [0.1, 0.15) is 32.6 Å². The third-order valence-corrected chi connectivity index (χ3v) is 2.43. The second kappa shape index (κ2) is 5.55. The molecule has 0 amide bonds. The number of rotatable bonds is 4. The van der Waals surface area contributed by atoms with Crippen LogP contribution in [0.3, 0.4) is 0 Å². The molecule has 1 heterocycles. The predicted molar refractivity (Wildman–Crippen MR) is 51.4 cm³/mol. The summed E-state index contributed by atoms with van der Waals surface area (Å²) in [5, 5.41) is 0. The molecule has 0 saturated carbocycles. The van der Waals surface area contributed by atoms with E-state index in [4.69, 9.17) is 4.74 Å². The van der Waals surface area contributed by atoms with Gasteiger partial charge in [0, 0.05) is 13.2 Å². The van der Waals surface area contributed by atoms with Crippen LogP contribution in [-0.2, 0) is 4.74 Å². The zero-order valence-corrected chi connectivity index (χ0v) is 8.38. The van der Waals surface area contributed by atoms with Gasteiger partial charge in [-0.2, -0.15) is 0 Å². The van der Waals surface area contributed by atoms with Crippen LogP contribution in [-0.4, -0.2) is 37.7 Å². The van der Waals surface area contributed by atoms with E-state index in [0.29, 0.717) is 6.10 Å². The second-order valence-corrected chi connectivity index (χ2v) is 3.75. The molecule has 2 heteroatoms. The van der Waals surface area contributed by atoms with E-state index in [9.17, 15) is 0 Å². The number of hydrogen-bond acceptors (Lipinski definition) is 2. The van der Waals surface area contributed by atoms with Crippen molar-refractivity contribution >= 4 is 0 Å². The van der Waals surface area contributed by atoms with Crippen molar-refractivity contribution in [1.82, 2.24) is 4.90 Å². The first-order valence-electron chi connectivity index (χ1n) is 5.13. The zero-order valence-electron chi connectivity index (χ0n) is 8.38. The Balaban J connectivity index is 2.06. The van der Waals surface area contributed by atoms with Crippen molar-refractivity contribution in [3.05, 3.63) is 0 Å². The highest BCUT2D eigenvalue weighted by Crippen LogP contribution is 2.11. The van der Waals surface area contributed by atoms with Gasteiger partial charge in [-0.1, -0.05) is 13.3 Å². The molecule has 1 aliphatic heterocycles. The SMILES string of the molecule is CCCCOC1CCCN(C)C1. The first kappa shape index (κ1) is 10.0. The number of likely N-dealkylation sites (tertiary alicyclic amines) is 1. The van der Waals surface area contributed by atoms with Gasteiger partial charge in [-0.3, -0.25) is 0 Å². The molecular formula is C10H21NO. The summed E-state index contributed by atoms with van der Waals surface area (Å²) in [4.78, 5) is 2.36. The van der Waals surface area contributed by atoms with Crippen LogP contribution in [0.2, 0.25) is 0 Å². The summed E-state index contributed by atoms with van der Waals surface area (Å²) in [6.45, 7) is 5.53. The van der Waals surface area contributed by atoms with Gasteiger partial charge in [-0.05, 0) is 32.9 Å². The molecule has 1 fully saturated rings. The number of unbranched alkanes of at least 4 members (excludes halogenated alkanes) is 1. The minimum atomic E-state index is 0.510. The summed E-state index contributed by atoms with van der Waals surface area (Å²) in [5.74, 6) is 0. The molecule has 0 radical (unpaired) electrons. The molecular weight excluding hydrogens is 150 g/mol. The smallest absolute Gasteiger partial charge is 0.0702 e. The normalized spacial score (nSPS) is 26.0.